The minimum Gasteiger partial charge on any atom is -0.290 e. The largest absolute Gasteiger partial charge is 0.401 e. The molecule has 0 amide bonds. The SMILES string of the molecule is Fc1cc(CN(CCBr)CC(F)(F)F)ccc1Cl. The van der Waals surface area contributed by atoms with Gasteiger partial charge in [0.25, 0.3) is 0 Å². The topological polar surface area (TPSA) is 3.24 Å². The molecule has 0 saturated carbocycles. The first-order valence-electron chi connectivity index (χ1n) is 5.11. The van der Waals surface area contributed by atoms with E-state index < -0.39 is 18.5 Å². The van der Waals surface area contributed by atoms with Crippen LogP contribution in [0.25, 0.3) is 0 Å². The van der Waals surface area contributed by atoms with Crippen LogP contribution in [0.1, 0.15) is 5.56 Å². The molecular formula is C11H11BrClF4N. The maximum absolute atomic E-state index is 13.2. The first-order chi connectivity index (χ1) is 8.31. The summed E-state index contributed by atoms with van der Waals surface area (Å²) in [7, 11) is 0. The molecule has 0 aliphatic rings. The van der Waals surface area contributed by atoms with Crippen LogP contribution in [0.15, 0.2) is 18.2 Å². The number of hydrogen-bond donors (Lipinski definition) is 0. The molecule has 7 heteroatoms. The molecule has 0 N–H and O–H groups in total. The molecule has 0 aliphatic carbocycles. The highest BCUT2D eigenvalue weighted by Gasteiger charge is 2.30. The number of benzene rings is 1. The molecular weight excluding hydrogens is 337 g/mol. The van der Waals surface area contributed by atoms with Crippen LogP contribution in [0.2, 0.25) is 5.02 Å². The van der Waals surface area contributed by atoms with Gasteiger partial charge < -0.3 is 0 Å². The van der Waals surface area contributed by atoms with Gasteiger partial charge in [-0.1, -0.05) is 33.6 Å². The van der Waals surface area contributed by atoms with E-state index in [1.165, 1.54) is 17.0 Å². The van der Waals surface area contributed by atoms with Gasteiger partial charge in [0.15, 0.2) is 0 Å². The van der Waals surface area contributed by atoms with Crippen LogP contribution in [0.5, 0.6) is 0 Å². The summed E-state index contributed by atoms with van der Waals surface area (Å²) in [5.74, 6) is -0.625. The predicted octanol–water partition coefficient (Wildman–Crippen LogP) is 4.24. The second-order valence-electron chi connectivity index (χ2n) is 3.76. The van der Waals surface area contributed by atoms with Gasteiger partial charge in [-0.2, -0.15) is 13.2 Å². The minimum atomic E-state index is -4.27. The summed E-state index contributed by atoms with van der Waals surface area (Å²) in [6, 6.07) is 4.01. The maximum atomic E-state index is 13.2. The zero-order chi connectivity index (χ0) is 13.8. The van der Waals surface area contributed by atoms with Crippen LogP contribution in [0.4, 0.5) is 17.6 Å². The van der Waals surface area contributed by atoms with Crippen molar-refractivity contribution in [3.8, 4) is 0 Å². The van der Waals surface area contributed by atoms with E-state index in [9.17, 15) is 17.6 Å². The zero-order valence-corrected chi connectivity index (χ0v) is 11.6. The van der Waals surface area contributed by atoms with Gasteiger partial charge in [0.05, 0.1) is 11.6 Å². The molecule has 0 aromatic heterocycles. The molecule has 1 nitrogen and oxygen atoms in total. The van der Waals surface area contributed by atoms with Crippen LogP contribution in [-0.2, 0) is 6.54 Å². The van der Waals surface area contributed by atoms with Gasteiger partial charge >= 0.3 is 6.18 Å². The van der Waals surface area contributed by atoms with Gasteiger partial charge in [-0.25, -0.2) is 4.39 Å². The fourth-order valence-corrected chi connectivity index (χ4v) is 2.10. The summed E-state index contributed by atoms with van der Waals surface area (Å²) in [5.41, 5.74) is 0.460. The van der Waals surface area contributed by atoms with Crippen molar-refractivity contribution in [2.45, 2.75) is 12.7 Å². The van der Waals surface area contributed by atoms with Gasteiger partial charge in [-0.05, 0) is 17.7 Å². The smallest absolute Gasteiger partial charge is 0.290 e. The lowest BCUT2D eigenvalue weighted by Gasteiger charge is -2.22. The highest BCUT2D eigenvalue weighted by Crippen LogP contribution is 2.20. The van der Waals surface area contributed by atoms with Crippen molar-refractivity contribution in [1.29, 1.82) is 0 Å². The van der Waals surface area contributed by atoms with Crippen molar-refractivity contribution >= 4 is 27.5 Å². The molecule has 102 valence electrons. The van der Waals surface area contributed by atoms with Gasteiger partial charge in [-0.15, -0.1) is 0 Å². The normalized spacial score (nSPS) is 12.2. The molecule has 1 aromatic carbocycles. The molecule has 0 fully saturated rings. The van der Waals surface area contributed by atoms with Gasteiger partial charge in [-0.3, -0.25) is 4.90 Å². The second-order valence-corrected chi connectivity index (χ2v) is 4.96. The first kappa shape index (κ1) is 15.7. The number of hydrogen-bond acceptors (Lipinski definition) is 1. The fraction of sp³-hybridized carbons (Fsp3) is 0.455. The average molecular weight is 349 g/mol. The summed E-state index contributed by atoms with van der Waals surface area (Å²) >= 11 is 8.60. The van der Waals surface area contributed by atoms with Crippen molar-refractivity contribution in [1.82, 2.24) is 4.90 Å². The lowest BCUT2D eigenvalue weighted by atomic mass is 10.2. The van der Waals surface area contributed by atoms with E-state index in [0.29, 0.717) is 10.9 Å². The van der Waals surface area contributed by atoms with E-state index in [1.54, 1.807) is 0 Å². The Labute approximate surface area is 116 Å². The molecule has 0 spiro atoms. The molecule has 0 aliphatic heterocycles. The van der Waals surface area contributed by atoms with E-state index in [4.69, 9.17) is 11.6 Å². The summed E-state index contributed by atoms with van der Waals surface area (Å²) in [4.78, 5) is 1.19. The molecule has 18 heavy (non-hydrogen) atoms. The lowest BCUT2D eigenvalue weighted by molar-refractivity contribution is -0.146. The Morgan fingerprint density at radius 1 is 1.28 bits per heavy atom. The fourth-order valence-electron chi connectivity index (χ4n) is 1.48. The van der Waals surface area contributed by atoms with E-state index in [0.717, 1.165) is 6.07 Å². The summed E-state index contributed by atoms with van der Waals surface area (Å²) in [5, 5.41) is 0.376. The Balaban J connectivity index is 2.73. The molecule has 0 unspecified atom stereocenters. The lowest BCUT2D eigenvalue weighted by Crippen LogP contribution is -2.35. The van der Waals surface area contributed by atoms with Crippen LogP contribution >= 0.6 is 27.5 Å². The Hall–Kier alpha value is -0.330. The summed E-state index contributed by atoms with van der Waals surface area (Å²) in [6.07, 6.45) is -4.27. The van der Waals surface area contributed by atoms with Crippen LogP contribution in [0, 0.1) is 5.82 Å². The predicted molar refractivity (Wildman–Crippen MR) is 66.5 cm³/mol. The van der Waals surface area contributed by atoms with Crippen molar-refractivity contribution in [2.24, 2.45) is 0 Å². The molecule has 0 radical (unpaired) electrons. The maximum Gasteiger partial charge on any atom is 0.401 e. The number of alkyl halides is 4. The second kappa shape index (κ2) is 6.73. The molecule has 1 aromatic rings. The van der Waals surface area contributed by atoms with E-state index in [-0.39, 0.29) is 18.1 Å². The van der Waals surface area contributed by atoms with E-state index in [2.05, 4.69) is 15.9 Å². The summed E-state index contributed by atoms with van der Waals surface area (Å²) in [6.45, 7) is -0.772. The van der Waals surface area contributed by atoms with E-state index in [1.807, 2.05) is 0 Å². The van der Waals surface area contributed by atoms with Crippen molar-refractivity contribution < 1.29 is 17.6 Å². The minimum absolute atomic E-state index is 0.0270. The zero-order valence-electron chi connectivity index (χ0n) is 9.28. The Kier molecular flexibility index (Phi) is 5.88. The molecule has 0 bridgehead atoms. The highest BCUT2D eigenvalue weighted by atomic mass is 79.9. The molecule has 0 saturated heterocycles. The summed E-state index contributed by atoms with van der Waals surface area (Å²) < 4.78 is 50.1. The number of nitrogens with zero attached hydrogens (tertiary/aromatic N) is 1. The Morgan fingerprint density at radius 2 is 1.94 bits per heavy atom. The number of halogens is 6. The number of rotatable bonds is 5. The van der Waals surface area contributed by atoms with Crippen molar-refractivity contribution in [3.05, 3.63) is 34.6 Å². The van der Waals surface area contributed by atoms with Crippen LogP contribution < -0.4 is 0 Å². The third-order valence-corrected chi connectivity index (χ3v) is 2.85. The molecule has 0 heterocycles. The van der Waals surface area contributed by atoms with Crippen LogP contribution in [0.3, 0.4) is 0 Å². The third kappa shape index (κ3) is 5.54. The molecule has 0 atom stereocenters. The third-order valence-electron chi connectivity index (χ3n) is 2.19. The monoisotopic (exact) mass is 347 g/mol. The Morgan fingerprint density at radius 3 is 2.44 bits per heavy atom. The van der Waals surface area contributed by atoms with Gasteiger partial charge in [0, 0.05) is 18.4 Å². The Bertz CT molecular complexity index is 397. The molecule has 1 rings (SSSR count). The van der Waals surface area contributed by atoms with E-state index >= 15 is 0 Å². The average Bonchev–Trinajstić information content (AvgIpc) is 2.21. The van der Waals surface area contributed by atoms with Crippen molar-refractivity contribution in [3.63, 3.8) is 0 Å². The van der Waals surface area contributed by atoms with Gasteiger partial charge in [0.2, 0.25) is 0 Å². The highest BCUT2D eigenvalue weighted by molar-refractivity contribution is 9.09. The quantitative estimate of drug-likeness (QED) is 0.568. The van der Waals surface area contributed by atoms with Crippen molar-refractivity contribution in [2.75, 3.05) is 18.4 Å². The standard InChI is InChI=1S/C11H11BrClF4N/c12-3-4-18(7-11(15,16)17)6-8-1-2-9(13)10(14)5-8/h1-2,5H,3-4,6-7H2. The first-order valence-corrected chi connectivity index (χ1v) is 6.61. The van der Waals surface area contributed by atoms with Gasteiger partial charge in [0.1, 0.15) is 5.82 Å². The van der Waals surface area contributed by atoms with Crippen LogP contribution in [-0.4, -0.2) is 29.5 Å².